The minimum Gasteiger partial charge on any atom is -0.497 e. The van der Waals surface area contributed by atoms with Gasteiger partial charge in [-0.05, 0) is 69.6 Å². The van der Waals surface area contributed by atoms with Gasteiger partial charge in [0, 0.05) is 5.31 Å². The van der Waals surface area contributed by atoms with Crippen molar-refractivity contribution in [3.63, 3.8) is 0 Å². The summed E-state index contributed by atoms with van der Waals surface area (Å²) >= 11 is 0. The molecule has 3 saturated carbocycles. The SMILES string of the molecule is C=C1C[C@@]2(B3OC(C)(C)C(C)(C)O3)C[C@]1(C)[C@@H]2c1ccc(OC)cc1. The van der Waals surface area contributed by atoms with E-state index in [4.69, 9.17) is 14.0 Å². The first-order valence-electron chi connectivity index (χ1n) is 9.24. The van der Waals surface area contributed by atoms with Gasteiger partial charge >= 0.3 is 7.12 Å². The van der Waals surface area contributed by atoms with Crippen LogP contribution in [0.1, 0.15) is 58.9 Å². The molecule has 0 N–H and O–H groups in total. The van der Waals surface area contributed by atoms with E-state index < -0.39 is 0 Å². The Labute approximate surface area is 151 Å². The number of hydrogen-bond acceptors (Lipinski definition) is 3. The standard InChI is InChI=1S/C21H29BO3/c1-14-12-21(22-24-18(2,3)19(4,5)25-22)13-20(14,6)17(21)15-8-10-16(23-7)11-9-15/h8-11,17H,1,12-13H2,2-7H3/t17-,20-,21+/m0/s1. The van der Waals surface area contributed by atoms with Crippen LogP contribution in [0.2, 0.25) is 5.31 Å². The average Bonchev–Trinajstić information content (AvgIpc) is 3.00. The summed E-state index contributed by atoms with van der Waals surface area (Å²) in [6.45, 7) is 15.3. The second-order valence-electron chi connectivity index (χ2n) is 9.40. The van der Waals surface area contributed by atoms with Crippen molar-refractivity contribution < 1.29 is 14.0 Å². The molecule has 1 saturated heterocycles. The lowest BCUT2D eigenvalue weighted by atomic mass is 9.37. The molecule has 25 heavy (non-hydrogen) atoms. The maximum Gasteiger partial charge on any atom is 0.465 e. The monoisotopic (exact) mass is 340 g/mol. The Morgan fingerprint density at radius 3 is 2.08 bits per heavy atom. The lowest BCUT2D eigenvalue weighted by Gasteiger charge is -2.54. The number of hydrogen-bond donors (Lipinski definition) is 0. The Balaban J connectivity index is 1.72. The van der Waals surface area contributed by atoms with Crippen LogP contribution in [0.3, 0.4) is 0 Å². The van der Waals surface area contributed by atoms with Crippen LogP contribution in [-0.4, -0.2) is 25.4 Å². The van der Waals surface area contributed by atoms with Gasteiger partial charge < -0.3 is 14.0 Å². The van der Waals surface area contributed by atoms with Crippen molar-refractivity contribution in [2.24, 2.45) is 5.41 Å². The van der Waals surface area contributed by atoms with Crippen LogP contribution in [0.15, 0.2) is 36.4 Å². The highest BCUT2D eigenvalue weighted by Crippen LogP contribution is 2.82. The second kappa shape index (κ2) is 4.92. The van der Waals surface area contributed by atoms with Gasteiger partial charge in [0.2, 0.25) is 0 Å². The molecule has 1 aromatic carbocycles. The van der Waals surface area contributed by atoms with Gasteiger partial charge in [0.05, 0.1) is 18.3 Å². The normalized spacial score (nSPS) is 37.9. The molecule has 3 nitrogen and oxygen atoms in total. The summed E-state index contributed by atoms with van der Waals surface area (Å²) in [6, 6.07) is 8.49. The molecule has 4 fully saturated rings. The molecule has 0 unspecified atom stereocenters. The summed E-state index contributed by atoms with van der Waals surface area (Å²) < 4.78 is 18.3. The fourth-order valence-electron chi connectivity index (χ4n) is 5.36. The van der Waals surface area contributed by atoms with Crippen molar-refractivity contribution in [1.29, 1.82) is 0 Å². The Morgan fingerprint density at radius 2 is 1.60 bits per heavy atom. The van der Waals surface area contributed by atoms with Gasteiger partial charge in [-0.15, -0.1) is 0 Å². The number of ether oxygens (including phenoxy) is 1. The largest absolute Gasteiger partial charge is 0.497 e. The molecule has 0 aromatic heterocycles. The molecule has 4 heteroatoms. The number of allylic oxidation sites excluding steroid dienone is 1. The van der Waals surface area contributed by atoms with Crippen LogP contribution in [0.5, 0.6) is 5.75 Å². The Bertz CT molecular complexity index is 707. The predicted octanol–water partition coefficient (Wildman–Crippen LogP) is 4.98. The molecule has 3 atom stereocenters. The molecule has 0 amide bonds. The maximum atomic E-state index is 6.49. The lowest BCUT2D eigenvalue weighted by Crippen LogP contribution is -2.50. The van der Waals surface area contributed by atoms with Gasteiger partial charge in [-0.3, -0.25) is 0 Å². The van der Waals surface area contributed by atoms with E-state index >= 15 is 0 Å². The fourth-order valence-corrected chi connectivity index (χ4v) is 5.36. The van der Waals surface area contributed by atoms with Crippen LogP contribution < -0.4 is 4.74 Å². The molecular weight excluding hydrogens is 311 g/mol. The molecule has 3 aliphatic carbocycles. The highest BCUT2D eigenvalue weighted by molar-refractivity contribution is 6.51. The van der Waals surface area contributed by atoms with E-state index in [0.29, 0.717) is 5.92 Å². The molecule has 0 radical (unpaired) electrons. The molecule has 0 spiro atoms. The molecule has 1 aliphatic heterocycles. The minimum atomic E-state index is -0.299. The van der Waals surface area contributed by atoms with Crippen LogP contribution >= 0.6 is 0 Å². The highest BCUT2D eigenvalue weighted by atomic mass is 16.7. The van der Waals surface area contributed by atoms with Crippen molar-refractivity contribution in [2.75, 3.05) is 7.11 Å². The summed E-state index contributed by atoms with van der Waals surface area (Å²) in [5, 5.41) is -0.00847. The van der Waals surface area contributed by atoms with Crippen molar-refractivity contribution >= 4 is 7.12 Å². The summed E-state index contributed by atoms with van der Waals surface area (Å²) in [6.07, 6.45) is 2.07. The first-order chi connectivity index (χ1) is 11.6. The summed E-state index contributed by atoms with van der Waals surface area (Å²) in [7, 11) is 1.52. The summed E-state index contributed by atoms with van der Waals surface area (Å²) in [5.74, 6) is 1.28. The quantitative estimate of drug-likeness (QED) is 0.574. The van der Waals surface area contributed by atoms with Gasteiger partial charge in [-0.2, -0.15) is 0 Å². The third-order valence-electron chi connectivity index (χ3n) is 7.43. The molecule has 4 aliphatic rings. The summed E-state index contributed by atoms with van der Waals surface area (Å²) in [5.41, 5.74) is 2.21. The van der Waals surface area contributed by atoms with E-state index in [-0.39, 0.29) is 29.0 Å². The zero-order valence-electron chi connectivity index (χ0n) is 16.3. The maximum absolute atomic E-state index is 6.49. The third-order valence-corrected chi connectivity index (χ3v) is 7.43. The minimum absolute atomic E-state index is 0.00847. The second-order valence-corrected chi connectivity index (χ2v) is 9.40. The van der Waals surface area contributed by atoms with Crippen molar-refractivity contribution in [2.45, 2.75) is 69.9 Å². The van der Waals surface area contributed by atoms with E-state index in [2.05, 4.69) is 65.5 Å². The number of methoxy groups -OCH3 is 1. The van der Waals surface area contributed by atoms with E-state index in [0.717, 1.165) is 18.6 Å². The number of rotatable bonds is 3. The van der Waals surface area contributed by atoms with E-state index in [1.54, 1.807) is 7.11 Å². The van der Waals surface area contributed by atoms with E-state index in [1.165, 1.54) is 11.1 Å². The van der Waals surface area contributed by atoms with Crippen LogP contribution in [0.25, 0.3) is 0 Å². The van der Waals surface area contributed by atoms with Gasteiger partial charge in [0.1, 0.15) is 5.75 Å². The molecule has 5 rings (SSSR count). The highest BCUT2D eigenvalue weighted by Gasteiger charge is 2.76. The van der Waals surface area contributed by atoms with Gasteiger partial charge in [-0.25, -0.2) is 0 Å². The molecule has 2 bridgehead atoms. The van der Waals surface area contributed by atoms with Crippen LogP contribution in [0.4, 0.5) is 0 Å². The Kier molecular flexibility index (Phi) is 3.38. The average molecular weight is 340 g/mol. The summed E-state index contributed by atoms with van der Waals surface area (Å²) in [4.78, 5) is 0. The first kappa shape index (κ1) is 17.2. The fraction of sp³-hybridized carbons (Fsp3) is 0.619. The first-order valence-corrected chi connectivity index (χ1v) is 9.24. The zero-order chi connectivity index (χ0) is 18.3. The van der Waals surface area contributed by atoms with Crippen LogP contribution in [0, 0.1) is 5.41 Å². The topological polar surface area (TPSA) is 27.7 Å². The molecule has 1 aromatic rings. The molecule has 1 heterocycles. The molecule has 134 valence electrons. The van der Waals surface area contributed by atoms with Crippen molar-refractivity contribution in [1.82, 2.24) is 0 Å². The zero-order valence-corrected chi connectivity index (χ0v) is 16.3. The van der Waals surface area contributed by atoms with Gasteiger partial charge in [0.25, 0.3) is 0 Å². The lowest BCUT2D eigenvalue weighted by molar-refractivity contribution is 0.00578. The van der Waals surface area contributed by atoms with Crippen LogP contribution in [-0.2, 0) is 9.31 Å². The smallest absolute Gasteiger partial charge is 0.465 e. The predicted molar refractivity (Wildman–Crippen MR) is 101 cm³/mol. The number of fused-ring (bicyclic) bond motifs is 1. The Morgan fingerprint density at radius 1 is 1.04 bits per heavy atom. The third kappa shape index (κ3) is 2.07. The van der Waals surface area contributed by atoms with Crippen molar-refractivity contribution in [3.8, 4) is 5.75 Å². The van der Waals surface area contributed by atoms with Gasteiger partial charge in [0.15, 0.2) is 0 Å². The van der Waals surface area contributed by atoms with E-state index in [1.807, 2.05) is 0 Å². The van der Waals surface area contributed by atoms with E-state index in [9.17, 15) is 0 Å². The Hall–Kier alpha value is -1.26. The molecular formula is C21H29BO3. The van der Waals surface area contributed by atoms with Crippen molar-refractivity contribution in [3.05, 3.63) is 42.0 Å². The number of benzene rings is 1. The van der Waals surface area contributed by atoms with Gasteiger partial charge in [-0.1, -0.05) is 31.2 Å².